The van der Waals surface area contributed by atoms with Crippen molar-refractivity contribution in [2.45, 2.75) is 45.6 Å². The molecule has 2 rings (SSSR count). The number of hydrogen-bond donors (Lipinski definition) is 2. The van der Waals surface area contributed by atoms with Gasteiger partial charge in [-0.3, -0.25) is 0 Å². The minimum absolute atomic E-state index is 0.139. The smallest absolute Gasteiger partial charge is 0.317 e. The summed E-state index contributed by atoms with van der Waals surface area (Å²) in [6.07, 6.45) is 4.86. The first-order valence-corrected chi connectivity index (χ1v) is 7.41. The van der Waals surface area contributed by atoms with Crippen molar-refractivity contribution >= 4 is 6.03 Å². The third kappa shape index (κ3) is 3.87. The predicted molar refractivity (Wildman–Crippen MR) is 73.6 cm³/mol. The fraction of sp³-hybridized carbons (Fsp3) is 0.929. The van der Waals surface area contributed by atoms with E-state index >= 15 is 0 Å². The van der Waals surface area contributed by atoms with Gasteiger partial charge in [0.1, 0.15) is 0 Å². The van der Waals surface area contributed by atoms with Crippen LogP contribution in [-0.4, -0.2) is 43.2 Å². The molecule has 2 amide bonds. The lowest BCUT2D eigenvalue weighted by Gasteiger charge is -2.32. The molecular formula is C14H27N3O. The summed E-state index contributed by atoms with van der Waals surface area (Å²) < 4.78 is 0. The Kier molecular flexibility index (Phi) is 4.87. The van der Waals surface area contributed by atoms with E-state index < -0.39 is 0 Å². The number of urea groups is 1. The Bertz CT molecular complexity index is 274. The molecule has 104 valence electrons. The number of nitrogens with zero attached hydrogens (tertiary/aromatic N) is 1. The highest BCUT2D eigenvalue weighted by molar-refractivity contribution is 5.74. The summed E-state index contributed by atoms with van der Waals surface area (Å²) in [5, 5.41) is 6.58. The highest BCUT2D eigenvalue weighted by atomic mass is 16.2. The predicted octanol–water partition coefficient (Wildman–Crippen LogP) is 1.82. The summed E-state index contributed by atoms with van der Waals surface area (Å²) in [4.78, 5) is 14.0. The van der Waals surface area contributed by atoms with Gasteiger partial charge in [-0.25, -0.2) is 4.79 Å². The summed E-state index contributed by atoms with van der Waals surface area (Å²) in [7, 11) is 0. The third-order valence-corrected chi connectivity index (χ3v) is 4.25. The number of nitrogens with one attached hydrogen (secondary N) is 2. The van der Waals surface area contributed by atoms with Gasteiger partial charge in [0.2, 0.25) is 0 Å². The second-order valence-electron chi connectivity index (χ2n) is 6.13. The van der Waals surface area contributed by atoms with Gasteiger partial charge in [-0.1, -0.05) is 6.92 Å². The van der Waals surface area contributed by atoms with Crippen LogP contribution in [0.15, 0.2) is 0 Å². The summed E-state index contributed by atoms with van der Waals surface area (Å²) >= 11 is 0. The summed E-state index contributed by atoms with van der Waals surface area (Å²) in [6, 6.07) is 0.778. The summed E-state index contributed by atoms with van der Waals surface area (Å²) in [5.74, 6) is 1.26. The Morgan fingerprint density at radius 2 is 2.17 bits per heavy atom. The summed E-state index contributed by atoms with van der Waals surface area (Å²) in [5.41, 5.74) is 0. The molecule has 3 unspecified atom stereocenters. The molecule has 2 saturated heterocycles. The number of likely N-dealkylation sites (tertiary alicyclic amines) is 1. The van der Waals surface area contributed by atoms with Gasteiger partial charge < -0.3 is 15.5 Å². The zero-order valence-corrected chi connectivity index (χ0v) is 11.7. The molecule has 2 N–H and O–H groups in total. The van der Waals surface area contributed by atoms with E-state index in [-0.39, 0.29) is 6.03 Å². The fourth-order valence-corrected chi connectivity index (χ4v) is 2.95. The molecule has 2 aliphatic rings. The molecule has 4 nitrogen and oxygen atoms in total. The van der Waals surface area contributed by atoms with Crippen molar-refractivity contribution in [1.29, 1.82) is 0 Å². The third-order valence-electron chi connectivity index (χ3n) is 4.25. The molecule has 0 aromatic carbocycles. The van der Waals surface area contributed by atoms with Gasteiger partial charge in [0.25, 0.3) is 0 Å². The van der Waals surface area contributed by atoms with E-state index in [4.69, 9.17) is 0 Å². The molecule has 0 radical (unpaired) electrons. The quantitative estimate of drug-likeness (QED) is 0.788. The monoisotopic (exact) mass is 253 g/mol. The van der Waals surface area contributed by atoms with Gasteiger partial charge in [0, 0.05) is 25.7 Å². The maximum absolute atomic E-state index is 12.0. The van der Waals surface area contributed by atoms with Gasteiger partial charge in [-0.15, -0.1) is 0 Å². The first-order chi connectivity index (χ1) is 8.65. The summed E-state index contributed by atoms with van der Waals surface area (Å²) in [6.45, 7) is 8.17. The van der Waals surface area contributed by atoms with Crippen LogP contribution in [-0.2, 0) is 0 Å². The van der Waals surface area contributed by atoms with Crippen LogP contribution in [0.25, 0.3) is 0 Å². The van der Waals surface area contributed by atoms with Crippen molar-refractivity contribution in [3.8, 4) is 0 Å². The van der Waals surface area contributed by atoms with E-state index in [1.54, 1.807) is 0 Å². The number of carbonyl (C=O) groups is 1. The SMILES string of the molecule is CC1CCCN(C(=O)NCC2CCC(C)NC2)C1. The van der Waals surface area contributed by atoms with E-state index in [0.29, 0.717) is 17.9 Å². The molecule has 0 spiro atoms. The number of rotatable bonds is 2. The number of amides is 2. The van der Waals surface area contributed by atoms with Crippen molar-refractivity contribution in [2.24, 2.45) is 11.8 Å². The van der Waals surface area contributed by atoms with Crippen LogP contribution < -0.4 is 10.6 Å². The Morgan fingerprint density at radius 1 is 1.33 bits per heavy atom. The zero-order valence-electron chi connectivity index (χ0n) is 11.7. The Labute approximate surface area is 110 Å². The van der Waals surface area contributed by atoms with Gasteiger partial charge in [0.05, 0.1) is 0 Å². The molecule has 4 heteroatoms. The van der Waals surface area contributed by atoms with E-state index in [1.165, 1.54) is 19.3 Å². The molecule has 2 fully saturated rings. The minimum Gasteiger partial charge on any atom is -0.338 e. The molecule has 0 aromatic heterocycles. The van der Waals surface area contributed by atoms with Crippen molar-refractivity contribution in [1.82, 2.24) is 15.5 Å². The Hall–Kier alpha value is -0.770. The first kappa shape index (κ1) is 13.7. The van der Waals surface area contributed by atoms with Gasteiger partial charge in [0.15, 0.2) is 0 Å². The lowest BCUT2D eigenvalue weighted by molar-refractivity contribution is 0.167. The highest BCUT2D eigenvalue weighted by Crippen LogP contribution is 2.16. The van der Waals surface area contributed by atoms with E-state index in [1.807, 2.05) is 4.90 Å². The fourth-order valence-electron chi connectivity index (χ4n) is 2.95. The molecule has 0 aliphatic carbocycles. The van der Waals surface area contributed by atoms with E-state index in [9.17, 15) is 4.79 Å². The maximum Gasteiger partial charge on any atom is 0.317 e. The van der Waals surface area contributed by atoms with Gasteiger partial charge >= 0.3 is 6.03 Å². The van der Waals surface area contributed by atoms with Crippen LogP contribution in [0.1, 0.15) is 39.5 Å². The van der Waals surface area contributed by atoms with Gasteiger partial charge in [-0.2, -0.15) is 0 Å². The number of carbonyl (C=O) groups excluding carboxylic acids is 1. The van der Waals surface area contributed by atoms with Crippen LogP contribution in [0.3, 0.4) is 0 Å². The second kappa shape index (κ2) is 6.41. The van der Waals surface area contributed by atoms with Crippen molar-refractivity contribution in [3.05, 3.63) is 0 Å². The van der Waals surface area contributed by atoms with Crippen LogP contribution in [0.2, 0.25) is 0 Å². The average Bonchev–Trinajstić information content (AvgIpc) is 2.38. The van der Waals surface area contributed by atoms with Crippen LogP contribution in [0, 0.1) is 11.8 Å². The standard InChI is InChI=1S/C14H27N3O/c1-11-4-3-7-17(10-11)14(18)16-9-13-6-5-12(2)15-8-13/h11-13,15H,3-10H2,1-2H3,(H,16,18). The van der Waals surface area contributed by atoms with E-state index in [2.05, 4.69) is 24.5 Å². The number of piperidine rings is 2. The molecule has 0 saturated carbocycles. The van der Waals surface area contributed by atoms with Crippen LogP contribution in [0.4, 0.5) is 4.79 Å². The zero-order chi connectivity index (χ0) is 13.0. The van der Waals surface area contributed by atoms with Crippen molar-refractivity contribution in [2.75, 3.05) is 26.2 Å². The molecule has 0 bridgehead atoms. The van der Waals surface area contributed by atoms with E-state index in [0.717, 1.165) is 32.6 Å². The maximum atomic E-state index is 12.0. The number of hydrogen-bond acceptors (Lipinski definition) is 2. The average molecular weight is 253 g/mol. The molecule has 2 aliphatic heterocycles. The topological polar surface area (TPSA) is 44.4 Å². The first-order valence-electron chi connectivity index (χ1n) is 7.41. The largest absolute Gasteiger partial charge is 0.338 e. The lowest BCUT2D eigenvalue weighted by Crippen LogP contribution is -2.48. The van der Waals surface area contributed by atoms with Crippen molar-refractivity contribution < 1.29 is 4.79 Å². The van der Waals surface area contributed by atoms with Gasteiger partial charge in [-0.05, 0) is 51.0 Å². The molecule has 0 aromatic rings. The second-order valence-corrected chi connectivity index (χ2v) is 6.13. The van der Waals surface area contributed by atoms with Crippen LogP contribution in [0.5, 0.6) is 0 Å². The lowest BCUT2D eigenvalue weighted by atomic mass is 9.95. The molecular weight excluding hydrogens is 226 g/mol. The Balaban J connectivity index is 1.68. The highest BCUT2D eigenvalue weighted by Gasteiger charge is 2.22. The minimum atomic E-state index is 0.139. The molecule has 2 heterocycles. The van der Waals surface area contributed by atoms with Crippen LogP contribution >= 0.6 is 0 Å². The van der Waals surface area contributed by atoms with Crippen molar-refractivity contribution in [3.63, 3.8) is 0 Å². The molecule has 18 heavy (non-hydrogen) atoms. The normalized spacial score (nSPS) is 33.2. The Morgan fingerprint density at radius 3 is 2.83 bits per heavy atom. The molecule has 3 atom stereocenters.